The quantitative estimate of drug-likeness (QED) is 0.743. The Hall–Kier alpha value is -1.66. The van der Waals surface area contributed by atoms with Gasteiger partial charge < -0.3 is 0 Å². The molecule has 2 aromatic heterocycles. The van der Waals surface area contributed by atoms with E-state index in [1.54, 1.807) is 23.1 Å². The molecule has 0 spiro atoms. The van der Waals surface area contributed by atoms with Gasteiger partial charge in [-0.15, -0.1) is 10.2 Å². The molecule has 3 rings (SSSR count). The van der Waals surface area contributed by atoms with Crippen LogP contribution in [-0.4, -0.2) is 26.7 Å². The molecule has 0 saturated carbocycles. The predicted octanol–water partition coefficient (Wildman–Crippen LogP) is 3.86. The molecule has 1 N–H and O–H groups in total. The third kappa shape index (κ3) is 3.01. The van der Waals surface area contributed by atoms with Crippen LogP contribution in [0.25, 0.3) is 10.6 Å². The second kappa shape index (κ2) is 5.99. The molecule has 21 heavy (non-hydrogen) atoms. The first kappa shape index (κ1) is 14.3. The lowest BCUT2D eigenvalue weighted by atomic mass is 10.0. The van der Waals surface area contributed by atoms with Crippen molar-refractivity contribution in [2.24, 2.45) is 0 Å². The highest BCUT2D eigenvalue weighted by Gasteiger charge is 2.09. The zero-order valence-corrected chi connectivity index (χ0v) is 13.8. The van der Waals surface area contributed by atoms with E-state index in [-0.39, 0.29) is 0 Å². The number of benzene rings is 1. The van der Waals surface area contributed by atoms with Gasteiger partial charge in [-0.3, -0.25) is 5.10 Å². The minimum Gasteiger partial charge on any atom is -0.282 e. The molecule has 6 heteroatoms. The zero-order valence-electron chi connectivity index (χ0n) is 12.2. The summed E-state index contributed by atoms with van der Waals surface area (Å²) in [5.74, 6) is 0. The normalized spacial score (nSPS) is 11.0. The molecule has 0 saturated heterocycles. The van der Waals surface area contributed by atoms with Crippen molar-refractivity contribution < 1.29 is 0 Å². The van der Waals surface area contributed by atoms with Crippen LogP contribution in [0.5, 0.6) is 0 Å². The molecule has 0 bridgehead atoms. The van der Waals surface area contributed by atoms with Gasteiger partial charge in [-0.1, -0.05) is 47.4 Å². The number of aromatic nitrogens is 4. The van der Waals surface area contributed by atoms with E-state index in [9.17, 15) is 0 Å². The van der Waals surface area contributed by atoms with Crippen LogP contribution in [0.3, 0.4) is 0 Å². The monoisotopic (exact) mass is 316 g/mol. The van der Waals surface area contributed by atoms with Crippen molar-refractivity contribution in [2.75, 3.05) is 6.26 Å². The van der Waals surface area contributed by atoms with Gasteiger partial charge in [0.1, 0.15) is 5.01 Å². The first-order chi connectivity index (χ1) is 10.2. The molecule has 0 aliphatic rings. The largest absolute Gasteiger partial charge is 0.282 e. The van der Waals surface area contributed by atoms with E-state index >= 15 is 0 Å². The van der Waals surface area contributed by atoms with Crippen molar-refractivity contribution in [1.29, 1.82) is 0 Å². The predicted molar refractivity (Wildman–Crippen MR) is 88.0 cm³/mol. The van der Waals surface area contributed by atoms with Crippen molar-refractivity contribution in [1.82, 2.24) is 20.4 Å². The number of nitrogens with one attached hydrogen (secondary N) is 1. The molecule has 0 aliphatic heterocycles. The zero-order chi connectivity index (χ0) is 14.8. The summed E-state index contributed by atoms with van der Waals surface area (Å²) in [6.45, 7) is 4.10. The molecule has 0 amide bonds. The van der Waals surface area contributed by atoms with E-state index in [1.165, 1.54) is 11.1 Å². The van der Waals surface area contributed by atoms with Gasteiger partial charge in [0.05, 0.1) is 5.69 Å². The first-order valence-electron chi connectivity index (χ1n) is 6.64. The summed E-state index contributed by atoms with van der Waals surface area (Å²) in [6, 6.07) is 8.54. The molecular formula is C15H16N4S2. The highest BCUT2D eigenvalue weighted by Crippen LogP contribution is 2.28. The van der Waals surface area contributed by atoms with Gasteiger partial charge in [-0.2, -0.15) is 5.10 Å². The molecule has 0 fully saturated rings. The van der Waals surface area contributed by atoms with Gasteiger partial charge in [-0.25, -0.2) is 0 Å². The number of rotatable bonds is 4. The Morgan fingerprint density at radius 1 is 1.14 bits per heavy atom. The Bertz CT molecular complexity index is 724. The lowest BCUT2D eigenvalue weighted by Crippen LogP contribution is -1.91. The van der Waals surface area contributed by atoms with E-state index in [0.29, 0.717) is 0 Å². The van der Waals surface area contributed by atoms with E-state index in [1.807, 2.05) is 13.2 Å². The number of thioether (sulfide) groups is 1. The number of aromatic amines is 1. The lowest BCUT2D eigenvalue weighted by Gasteiger charge is -2.03. The standard InChI is InChI=1S/C15H16N4S2/c1-9-13(10(2)17-16-9)8-11-4-6-12(7-5-11)14-18-19-15(20-3)21-14/h4-7H,8H2,1-3H3,(H,16,17). The van der Waals surface area contributed by atoms with Crippen LogP contribution in [0, 0.1) is 13.8 Å². The van der Waals surface area contributed by atoms with E-state index in [2.05, 4.69) is 51.6 Å². The number of hydrogen-bond acceptors (Lipinski definition) is 5. The molecule has 0 aliphatic carbocycles. The van der Waals surface area contributed by atoms with Crippen LogP contribution >= 0.6 is 23.1 Å². The van der Waals surface area contributed by atoms with Gasteiger partial charge in [0.2, 0.25) is 0 Å². The molecule has 0 radical (unpaired) electrons. The summed E-state index contributed by atoms with van der Waals surface area (Å²) >= 11 is 3.26. The molecule has 1 aromatic carbocycles. The maximum Gasteiger partial charge on any atom is 0.174 e. The summed E-state index contributed by atoms with van der Waals surface area (Å²) in [5.41, 5.74) is 5.90. The van der Waals surface area contributed by atoms with Crippen molar-refractivity contribution in [3.05, 3.63) is 46.8 Å². The third-order valence-electron chi connectivity index (χ3n) is 3.44. The fraction of sp³-hybridized carbons (Fsp3) is 0.267. The van der Waals surface area contributed by atoms with Crippen LogP contribution in [-0.2, 0) is 6.42 Å². The molecule has 0 atom stereocenters. The van der Waals surface area contributed by atoms with Crippen LogP contribution < -0.4 is 0 Å². The molecule has 0 unspecified atom stereocenters. The summed E-state index contributed by atoms with van der Waals surface area (Å²) in [7, 11) is 0. The number of nitrogens with zero attached hydrogens (tertiary/aromatic N) is 3. The summed E-state index contributed by atoms with van der Waals surface area (Å²) in [4.78, 5) is 0. The van der Waals surface area contributed by atoms with Crippen molar-refractivity contribution in [3.8, 4) is 10.6 Å². The highest BCUT2D eigenvalue weighted by atomic mass is 32.2. The Kier molecular flexibility index (Phi) is 4.07. The third-order valence-corrected chi connectivity index (χ3v) is 5.39. The highest BCUT2D eigenvalue weighted by molar-refractivity contribution is 8.00. The van der Waals surface area contributed by atoms with E-state index in [0.717, 1.165) is 32.7 Å². The topological polar surface area (TPSA) is 54.5 Å². The van der Waals surface area contributed by atoms with Crippen molar-refractivity contribution >= 4 is 23.1 Å². The molecular weight excluding hydrogens is 300 g/mol. The Morgan fingerprint density at radius 3 is 2.48 bits per heavy atom. The van der Waals surface area contributed by atoms with Gasteiger partial charge in [-0.05, 0) is 25.7 Å². The minimum atomic E-state index is 0.903. The van der Waals surface area contributed by atoms with Crippen molar-refractivity contribution in [3.63, 3.8) is 0 Å². The van der Waals surface area contributed by atoms with Crippen LogP contribution in [0.15, 0.2) is 28.6 Å². The smallest absolute Gasteiger partial charge is 0.174 e. The Morgan fingerprint density at radius 2 is 1.90 bits per heavy atom. The summed E-state index contributed by atoms with van der Waals surface area (Å²) in [6.07, 6.45) is 2.92. The minimum absolute atomic E-state index is 0.903. The van der Waals surface area contributed by atoms with Gasteiger partial charge in [0.25, 0.3) is 0 Å². The van der Waals surface area contributed by atoms with E-state index in [4.69, 9.17) is 0 Å². The fourth-order valence-electron chi connectivity index (χ4n) is 2.21. The fourth-order valence-corrected chi connectivity index (χ4v) is 3.49. The van der Waals surface area contributed by atoms with Gasteiger partial charge >= 0.3 is 0 Å². The van der Waals surface area contributed by atoms with Crippen molar-refractivity contribution in [2.45, 2.75) is 24.6 Å². The number of H-pyrrole nitrogens is 1. The average Bonchev–Trinajstić information content (AvgIpc) is 3.10. The second-order valence-corrected chi connectivity index (χ2v) is 6.89. The summed E-state index contributed by atoms with van der Waals surface area (Å²) in [5, 5.41) is 16.6. The SMILES string of the molecule is CSc1nnc(-c2ccc(Cc3c(C)n[nH]c3C)cc2)s1. The molecule has 2 heterocycles. The molecule has 3 aromatic rings. The van der Waals surface area contributed by atoms with Gasteiger partial charge in [0, 0.05) is 23.2 Å². The van der Waals surface area contributed by atoms with Gasteiger partial charge in [0.15, 0.2) is 4.34 Å². The summed E-state index contributed by atoms with van der Waals surface area (Å²) < 4.78 is 0.999. The molecule has 108 valence electrons. The first-order valence-corrected chi connectivity index (χ1v) is 8.68. The maximum atomic E-state index is 4.25. The number of aryl methyl sites for hydroxylation is 2. The molecule has 4 nitrogen and oxygen atoms in total. The second-order valence-electron chi connectivity index (χ2n) is 4.86. The maximum absolute atomic E-state index is 4.25. The average molecular weight is 316 g/mol. The number of hydrogen-bond donors (Lipinski definition) is 1. The Labute approximate surface area is 132 Å². The van der Waals surface area contributed by atoms with E-state index < -0.39 is 0 Å². The van der Waals surface area contributed by atoms with Crippen LogP contribution in [0.1, 0.15) is 22.5 Å². The van der Waals surface area contributed by atoms with Crippen LogP contribution in [0.4, 0.5) is 0 Å². The van der Waals surface area contributed by atoms with Crippen LogP contribution in [0.2, 0.25) is 0 Å². The Balaban J connectivity index is 1.81. The lowest BCUT2D eigenvalue weighted by molar-refractivity contribution is 1.02.